The molecule has 0 unspecified atom stereocenters. The minimum absolute atomic E-state index is 0.00275. The van der Waals surface area contributed by atoms with Gasteiger partial charge in [0.25, 0.3) is 0 Å². The Morgan fingerprint density at radius 2 is 1.74 bits per heavy atom. The molecule has 2 aromatic carbocycles. The number of primary sulfonamides is 1. The van der Waals surface area contributed by atoms with E-state index >= 15 is 0 Å². The number of nitrogens with one attached hydrogen (secondary N) is 1. The normalized spacial score (nSPS) is 14.7. The first-order valence-corrected chi connectivity index (χ1v) is 12.3. The molecule has 1 aliphatic heterocycles. The van der Waals surface area contributed by atoms with Gasteiger partial charge in [-0.25, -0.2) is 13.6 Å². The number of carbonyl (C=O) groups is 1. The van der Waals surface area contributed by atoms with E-state index in [2.05, 4.69) is 22.3 Å². The minimum Gasteiger partial charge on any atom is -0.371 e. The van der Waals surface area contributed by atoms with Crippen molar-refractivity contribution in [2.45, 2.75) is 30.7 Å². The summed E-state index contributed by atoms with van der Waals surface area (Å²) in [5, 5.41) is 7.78. The largest absolute Gasteiger partial charge is 0.371 e. The van der Waals surface area contributed by atoms with Gasteiger partial charge in [0.05, 0.1) is 27.2 Å². The van der Waals surface area contributed by atoms with E-state index in [1.165, 1.54) is 24.9 Å². The Balaban J connectivity index is 1.66. The third-order valence-electron chi connectivity index (χ3n) is 5.15. The molecule has 168 valence electrons. The number of amides is 1. The molecule has 31 heavy (non-hydrogen) atoms. The lowest BCUT2D eigenvalue weighted by molar-refractivity contribution is -0.117. The van der Waals surface area contributed by atoms with Crippen molar-refractivity contribution in [1.29, 1.82) is 0 Å². The van der Waals surface area contributed by atoms with E-state index in [1.54, 1.807) is 0 Å². The molecule has 0 radical (unpaired) electrons. The second-order valence-corrected chi connectivity index (χ2v) is 10.1. The summed E-state index contributed by atoms with van der Waals surface area (Å²) in [6, 6.07) is 10.6. The fourth-order valence-corrected chi connectivity index (χ4v) is 4.97. The summed E-state index contributed by atoms with van der Waals surface area (Å²) in [4.78, 5) is 16.7. The molecule has 0 atom stereocenters. The second kappa shape index (κ2) is 10.2. The maximum absolute atomic E-state index is 12.6. The Labute approximate surface area is 193 Å². The Morgan fingerprint density at radius 1 is 1.13 bits per heavy atom. The summed E-state index contributed by atoms with van der Waals surface area (Å²) in [5.41, 5.74) is 2.52. The van der Waals surface area contributed by atoms with Crippen molar-refractivity contribution < 1.29 is 13.2 Å². The molecule has 2 aromatic rings. The first-order chi connectivity index (χ1) is 14.6. The number of anilines is 2. The summed E-state index contributed by atoms with van der Waals surface area (Å²) in [6.07, 6.45) is 3.65. The van der Waals surface area contributed by atoms with Gasteiger partial charge >= 0.3 is 0 Å². The van der Waals surface area contributed by atoms with E-state index in [0.29, 0.717) is 6.54 Å². The van der Waals surface area contributed by atoms with Crippen molar-refractivity contribution in [2.24, 2.45) is 5.14 Å². The van der Waals surface area contributed by atoms with Gasteiger partial charge in [-0.1, -0.05) is 41.4 Å². The highest BCUT2D eigenvalue weighted by Gasteiger charge is 2.19. The quantitative estimate of drug-likeness (QED) is 0.624. The maximum Gasteiger partial charge on any atom is 0.238 e. The summed E-state index contributed by atoms with van der Waals surface area (Å²) in [5.74, 6) is -0.315. The van der Waals surface area contributed by atoms with Crippen LogP contribution in [-0.4, -0.2) is 45.9 Å². The predicted molar refractivity (Wildman–Crippen MR) is 125 cm³/mol. The molecule has 3 N–H and O–H groups in total. The summed E-state index contributed by atoms with van der Waals surface area (Å²) in [7, 11) is -2.09. The molecule has 1 heterocycles. The molecule has 0 saturated carbocycles. The van der Waals surface area contributed by atoms with Crippen LogP contribution in [0.3, 0.4) is 0 Å². The molecule has 0 spiro atoms. The second-order valence-electron chi connectivity index (χ2n) is 7.70. The third-order valence-corrected chi connectivity index (χ3v) is 6.64. The Hall–Kier alpha value is -1.84. The SMILES string of the molecule is CN(CC(=O)Nc1c(Cl)cc(S(N)(=O)=O)cc1Cl)Cc1ccccc1N1CCCCC1. The lowest BCUT2D eigenvalue weighted by atomic mass is 10.1. The summed E-state index contributed by atoms with van der Waals surface area (Å²) in [6.45, 7) is 2.81. The number of likely N-dealkylation sites (N-methyl/N-ethyl adjacent to an activating group) is 1. The van der Waals surface area contributed by atoms with Gasteiger partial charge in [0.1, 0.15) is 0 Å². The highest BCUT2D eigenvalue weighted by Crippen LogP contribution is 2.33. The number of hydrogen-bond acceptors (Lipinski definition) is 5. The van der Waals surface area contributed by atoms with Crippen LogP contribution in [0, 0.1) is 0 Å². The average molecular weight is 485 g/mol. The van der Waals surface area contributed by atoms with Gasteiger partial charge in [0.15, 0.2) is 0 Å². The summed E-state index contributed by atoms with van der Waals surface area (Å²) >= 11 is 12.2. The third kappa shape index (κ3) is 6.33. The van der Waals surface area contributed by atoms with Gasteiger partial charge in [-0.3, -0.25) is 9.69 Å². The van der Waals surface area contributed by atoms with Gasteiger partial charge in [-0.15, -0.1) is 0 Å². The Bertz CT molecular complexity index is 1030. The summed E-state index contributed by atoms with van der Waals surface area (Å²) < 4.78 is 23.0. The number of rotatable bonds is 7. The van der Waals surface area contributed by atoms with Crippen LogP contribution in [0.15, 0.2) is 41.3 Å². The van der Waals surface area contributed by atoms with Gasteiger partial charge < -0.3 is 10.2 Å². The van der Waals surface area contributed by atoms with E-state index in [9.17, 15) is 13.2 Å². The van der Waals surface area contributed by atoms with Gasteiger partial charge in [-0.2, -0.15) is 0 Å². The number of halogens is 2. The molecule has 7 nitrogen and oxygen atoms in total. The Kier molecular flexibility index (Phi) is 7.82. The molecule has 1 amide bonds. The number of nitrogens with zero attached hydrogens (tertiary/aromatic N) is 2. The molecule has 0 aliphatic carbocycles. The average Bonchev–Trinajstić information content (AvgIpc) is 2.71. The van der Waals surface area contributed by atoms with E-state index in [0.717, 1.165) is 30.8 Å². The first kappa shape index (κ1) is 23.8. The fourth-order valence-electron chi connectivity index (χ4n) is 3.69. The van der Waals surface area contributed by atoms with Crippen molar-refractivity contribution in [2.75, 3.05) is 36.9 Å². The van der Waals surface area contributed by atoms with Crippen LogP contribution < -0.4 is 15.4 Å². The zero-order valence-electron chi connectivity index (χ0n) is 17.3. The number of hydrogen-bond donors (Lipinski definition) is 2. The van der Waals surface area contributed by atoms with E-state index < -0.39 is 10.0 Å². The van der Waals surface area contributed by atoms with Crippen molar-refractivity contribution in [3.8, 4) is 0 Å². The number of para-hydroxylation sites is 1. The van der Waals surface area contributed by atoms with Crippen LogP contribution in [0.25, 0.3) is 0 Å². The molecular weight excluding hydrogens is 459 g/mol. The number of nitrogens with two attached hydrogens (primary N) is 1. The van der Waals surface area contributed by atoms with Crippen LogP contribution in [0.1, 0.15) is 24.8 Å². The topological polar surface area (TPSA) is 95.7 Å². The van der Waals surface area contributed by atoms with Crippen molar-refractivity contribution in [1.82, 2.24) is 4.90 Å². The molecule has 1 fully saturated rings. The predicted octanol–water partition coefficient (Wildman–Crippen LogP) is 3.70. The molecule has 3 rings (SSSR count). The monoisotopic (exact) mass is 484 g/mol. The van der Waals surface area contributed by atoms with Crippen LogP contribution in [-0.2, 0) is 21.4 Å². The molecular formula is C21H26Cl2N4O3S. The zero-order valence-corrected chi connectivity index (χ0v) is 19.6. The highest BCUT2D eigenvalue weighted by molar-refractivity contribution is 7.89. The minimum atomic E-state index is -3.95. The lowest BCUT2D eigenvalue weighted by Gasteiger charge is -2.31. The van der Waals surface area contributed by atoms with Crippen LogP contribution in [0.2, 0.25) is 10.0 Å². The number of carbonyl (C=O) groups excluding carboxylic acids is 1. The standard InChI is InChI=1S/C21H26Cl2N4O3S/c1-26(13-15-7-3-4-8-19(15)27-9-5-2-6-10-27)14-20(28)25-21-17(22)11-16(12-18(21)23)31(24,29)30/h3-4,7-8,11-12H,2,5-6,9-10,13-14H2,1H3,(H,25,28)(H2,24,29,30). The van der Waals surface area contributed by atoms with Gasteiger partial charge in [0.2, 0.25) is 15.9 Å². The lowest BCUT2D eigenvalue weighted by Crippen LogP contribution is -2.33. The fraction of sp³-hybridized carbons (Fsp3) is 0.381. The molecule has 1 saturated heterocycles. The Morgan fingerprint density at radius 3 is 2.35 bits per heavy atom. The maximum atomic E-state index is 12.6. The molecule has 10 heteroatoms. The zero-order chi connectivity index (χ0) is 22.6. The number of benzene rings is 2. The molecule has 0 aromatic heterocycles. The van der Waals surface area contributed by atoms with Gasteiger partial charge in [-0.05, 0) is 50.1 Å². The first-order valence-electron chi connectivity index (χ1n) is 9.98. The molecule has 1 aliphatic rings. The van der Waals surface area contributed by atoms with Crippen molar-refractivity contribution in [3.63, 3.8) is 0 Å². The molecule has 0 bridgehead atoms. The van der Waals surface area contributed by atoms with E-state index in [1.807, 2.05) is 24.1 Å². The van der Waals surface area contributed by atoms with Crippen LogP contribution in [0.4, 0.5) is 11.4 Å². The van der Waals surface area contributed by atoms with Gasteiger partial charge in [0, 0.05) is 25.3 Å². The van der Waals surface area contributed by atoms with Crippen molar-refractivity contribution in [3.05, 3.63) is 52.0 Å². The van der Waals surface area contributed by atoms with E-state index in [4.69, 9.17) is 28.3 Å². The highest BCUT2D eigenvalue weighted by atomic mass is 35.5. The smallest absolute Gasteiger partial charge is 0.238 e. The van der Waals surface area contributed by atoms with Crippen LogP contribution in [0.5, 0.6) is 0 Å². The van der Waals surface area contributed by atoms with Crippen molar-refractivity contribution >= 4 is 50.5 Å². The van der Waals surface area contributed by atoms with Crippen LogP contribution >= 0.6 is 23.2 Å². The number of sulfonamides is 1. The van der Waals surface area contributed by atoms with E-state index in [-0.39, 0.29) is 33.1 Å². The number of piperidine rings is 1.